The molecular formula is C54H38N2. The van der Waals surface area contributed by atoms with E-state index in [1.165, 1.54) is 44.1 Å². The lowest BCUT2D eigenvalue weighted by molar-refractivity contribution is 1.18. The Morgan fingerprint density at radius 2 is 0.732 bits per heavy atom. The third-order valence-electron chi connectivity index (χ3n) is 10.8. The summed E-state index contributed by atoms with van der Waals surface area (Å²) in [5.41, 5.74) is 16.1. The molecule has 10 rings (SSSR count). The third-order valence-corrected chi connectivity index (χ3v) is 10.8. The van der Waals surface area contributed by atoms with Crippen molar-refractivity contribution in [2.75, 3.05) is 4.90 Å². The molecule has 0 spiro atoms. The van der Waals surface area contributed by atoms with Gasteiger partial charge < -0.3 is 9.47 Å². The zero-order valence-electron chi connectivity index (χ0n) is 30.8. The number of nitrogens with zero attached hydrogens (tertiary/aromatic N) is 2. The highest BCUT2D eigenvalue weighted by molar-refractivity contribution is 6.10. The third kappa shape index (κ3) is 6.04. The summed E-state index contributed by atoms with van der Waals surface area (Å²) in [7, 11) is 0. The molecule has 0 radical (unpaired) electrons. The van der Waals surface area contributed by atoms with Crippen molar-refractivity contribution in [3.8, 4) is 50.2 Å². The van der Waals surface area contributed by atoms with Gasteiger partial charge in [0.1, 0.15) is 0 Å². The van der Waals surface area contributed by atoms with Crippen molar-refractivity contribution in [1.82, 2.24) is 4.57 Å². The second-order valence-electron chi connectivity index (χ2n) is 14.2. The monoisotopic (exact) mass is 714 g/mol. The van der Waals surface area contributed by atoms with Crippen LogP contribution >= 0.6 is 0 Å². The van der Waals surface area contributed by atoms with Gasteiger partial charge in [0.15, 0.2) is 0 Å². The molecule has 0 fully saturated rings. The van der Waals surface area contributed by atoms with Gasteiger partial charge in [-0.05, 0) is 94.0 Å². The average Bonchev–Trinajstić information content (AvgIpc) is 3.61. The summed E-state index contributed by atoms with van der Waals surface area (Å²) in [6.45, 7) is 0. The molecule has 0 N–H and O–H groups in total. The van der Waals surface area contributed by atoms with E-state index in [1.54, 1.807) is 0 Å². The number of hydrogen-bond acceptors (Lipinski definition) is 1. The summed E-state index contributed by atoms with van der Waals surface area (Å²) < 4.78 is 2.40. The van der Waals surface area contributed by atoms with Crippen molar-refractivity contribution in [1.29, 1.82) is 0 Å². The van der Waals surface area contributed by atoms with Crippen molar-refractivity contribution in [2.24, 2.45) is 0 Å². The number of fused-ring (bicyclic) bond motifs is 3. The Bertz CT molecular complexity index is 2890. The molecule has 0 aliphatic rings. The number of rotatable bonds is 8. The van der Waals surface area contributed by atoms with Crippen molar-refractivity contribution >= 4 is 38.9 Å². The van der Waals surface area contributed by atoms with Crippen molar-refractivity contribution in [3.05, 3.63) is 231 Å². The minimum absolute atomic E-state index is 1.08. The van der Waals surface area contributed by atoms with E-state index in [1.807, 2.05) is 0 Å². The lowest BCUT2D eigenvalue weighted by Gasteiger charge is -2.30. The number of para-hydroxylation sites is 4. The van der Waals surface area contributed by atoms with Gasteiger partial charge >= 0.3 is 0 Å². The van der Waals surface area contributed by atoms with Gasteiger partial charge in [0.05, 0.1) is 22.4 Å². The molecule has 2 nitrogen and oxygen atoms in total. The van der Waals surface area contributed by atoms with Gasteiger partial charge in [0.2, 0.25) is 0 Å². The van der Waals surface area contributed by atoms with E-state index < -0.39 is 0 Å². The maximum absolute atomic E-state index is 2.46. The summed E-state index contributed by atoms with van der Waals surface area (Å²) in [5, 5.41) is 2.46. The topological polar surface area (TPSA) is 8.17 Å². The minimum Gasteiger partial charge on any atom is -0.309 e. The quantitative estimate of drug-likeness (QED) is 0.152. The van der Waals surface area contributed by atoms with Gasteiger partial charge in [0.25, 0.3) is 0 Å². The highest BCUT2D eigenvalue weighted by Crippen LogP contribution is 2.47. The molecule has 1 heterocycles. The Kier molecular flexibility index (Phi) is 8.55. The van der Waals surface area contributed by atoms with E-state index >= 15 is 0 Å². The van der Waals surface area contributed by atoms with Gasteiger partial charge in [-0.3, -0.25) is 0 Å². The molecule has 0 atom stereocenters. The van der Waals surface area contributed by atoms with E-state index in [4.69, 9.17) is 0 Å². The van der Waals surface area contributed by atoms with Crippen molar-refractivity contribution in [2.45, 2.75) is 0 Å². The van der Waals surface area contributed by atoms with Crippen LogP contribution < -0.4 is 4.90 Å². The van der Waals surface area contributed by atoms with E-state index in [9.17, 15) is 0 Å². The average molecular weight is 715 g/mol. The fourth-order valence-corrected chi connectivity index (χ4v) is 8.18. The summed E-state index contributed by atoms with van der Waals surface area (Å²) in [6.07, 6.45) is 0. The van der Waals surface area contributed by atoms with Crippen LogP contribution in [0.4, 0.5) is 17.1 Å². The maximum atomic E-state index is 2.46. The van der Waals surface area contributed by atoms with Crippen LogP contribution in [-0.4, -0.2) is 4.57 Å². The fraction of sp³-hybridized carbons (Fsp3) is 0. The number of aromatic nitrogens is 1. The maximum Gasteiger partial charge on any atom is 0.0561 e. The van der Waals surface area contributed by atoms with E-state index in [2.05, 4.69) is 240 Å². The van der Waals surface area contributed by atoms with Gasteiger partial charge in [-0.15, -0.1) is 0 Å². The summed E-state index contributed by atoms with van der Waals surface area (Å²) >= 11 is 0. The van der Waals surface area contributed by atoms with E-state index in [0.717, 1.165) is 45.0 Å². The number of anilines is 3. The number of hydrogen-bond donors (Lipinski definition) is 0. The van der Waals surface area contributed by atoms with Crippen molar-refractivity contribution < 1.29 is 0 Å². The highest BCUT2D eigenvalue weighted by Gasteiger charge is 2.23. The first-order chi connectivity index (χ1) is 27.8. The SMILES string of the molecule is c1ccc(-c2cc(-c3ccccc3)cc(-c3ccccc3N(c3ccc4c5ccccc5n(-c5ccccc5)c4c3)c3ccccc3-c3ccccc3)c2)cc1. The highest BCUT2D eigenvalue weighted by atomic mass is 15.1. The molecule has 0 saturated heterocycles. The van der Waals surface area contributed by atoms with Gasteiger partial charge in [-0.1, -0.05) is 170 Å². The molecule has 0 aliphatic heterocycles. The molecule has 9 aromatic carbocycles. The van der Waals surface area contributed by atoms with Gasteiger partial charge in [0, 0.05) is 33.3 Å². The Morgan fingerprint density at radius 3 is 1.34 bits per heavy atom. The fourth-order valence-electron chi connectivity index (χ4n) is 8.18. The van der Waals surface area contributed by atoms with Crippen molar-refractivity contribution in [3.63, 3.8) is 0 Å². The van der Waals surface area contributed by atoms with Crippen LogP contribution in [0.15, 0.2) is 231 Å². The summed E-state index contributed by atoms with van der Waals surface area (Å²) in [6, 6.07) is 83.2. The predicted molar refractivity (Wildman–Crippen MR) is 237 cm³/mol. The molecule has 0 saturated carbocycles. The molecular weight excluding hydrogens is 677 g/mol. The number of benzene rings is 9. The van der Waals surface area contributed by atoms with E-state index in [-0.39, 0.29) is 0 Å². The lowest BCUT2D eigenvalue weighted by atomic mass is 9.92. The largest absolute Gasteiger partial charge is 0.309 e. The first-order valence-corrected chi connectivity index (χ1v) is 19.2. The van der Waals surface area contributed by atoms with E-state index in [0.29, 0.717) is 0 Å². The Hall–Kier alpha value is -7.42. The molecule has 0 unspecified atom stereocenters. The molecule has 1 aromatic heterocycles. The zero-order chi connectivity index (χ0) is 37.3. The Balaban J connectivity index is 1.25. The van der Waals surface area contributed by atoms with Crippen LogP contribution in [0.2, 0.25) is 0 Å². The van der Waals surface area contributed by atoms with Crippen LogP contribution in [-0.2, 0) is 0 Å². The molecule has 0 amide bonds. The van der Waals surface area contributed by atoms with Gasteiger partial charge in [-0.2, -0.15) is 0 Å². The van der Waals surface area contributed by atoms with Crippen LogP contribution in [0.3, 0.4) is 0 Å². The molecule has 2 heteroatoms. The second-order valence-corrected chi connectivity index (χ2v) is 14.2. The Morgan fingerprint density at radius 1 is 0.286 bits per heavy atom. The van der Waals surface area contributed by atoms with Crippen LogP contribution in [0.25, 0.3) is 72.0 Å². The standard InChI is InChI=1S/C54H38N2/c1-5-19-39(20-6-1)42-35-43(40-21-7-2-8-22-40)37-44(36-42)48-28-14-17-31-52(48)56(51-30-16-13-27-47(51)41-23-9-3-10-24-41)46-33-34-50-49-29-15-18-32-53(49)55(54(50)38-46)45-25-11-4-12-26-45/h1-38H. The molecule has 56 heavy (non-hydrogen) atoms. The molecule has 0 aliphatic carbocycles. The lowest BCUT2D eigenvalue weighted by Crippen LogP contribution is -2.12. The van der Waals surface area contributed by atoms with Gasteiger partial charge in [-0.25, -0.2) is 0 Å². The summed E-state index contributed by atoms with van der Waals surface area (Å²) in [4.78, 5) is 2.46. The molecule has 264 valence electrons. The molecule has 10 aromatic rings. The zero-order valence-corrected chi connectivity index (χ0v) is 30.8. The first-order valence-electron chi connectivity index (χ1n) is 19.2. The molecule has 0 bridgehead atoms. The Labute approximate surface area is 327 Å². The minimum atomic E-state index is 1.08. The first kappa shape index (κ1) is 33.2. The summed E-state index contributed by atoms with van der Waals surface area (Å²) in [5.74, 6) is 0. The second kappa shape index (κ2) is 14.4. The predicted octanol–water partition coefficient (Wildman–Crippen LogP) is 14.9. The van der Waals surface area contributed by atoms with Crippen LogP contribution in [0, 0.1) is 0 Å². The normalized spacial score (nSPS) is 11.2. The smallest absolute Gasteiger partial charge is 0.0561 e. The van der Waals surface area contributed by atoms with Crippen LogP contribution in [0.1, 0.15) is 0 Å². The van der Waals surface area contributed by atoms with Crippen LogP contribution in [0.5, 0.6) is 0 Å².